The summed E-state index contributed by atoms with van der Waals surface area (Å²) in [7, 11) is -4.36. The van der Waals surface area contributed by atoms with Crippen molar-refractivity contribution in [3.8, 4) is 0 Å². The molecule has 0 aromatic heterocycles. The van der Waals surface area contributed by atoms with E-state index in [0.717, 1.165) is 0 Å². The average Bonchev–Trinajstić information content (AvgIpc) is 2.20. The number of nitrogen functional groups attached to an aromatic ring is 1. The Kier molecular flexibility index (Phi) is 5.10. The third-order valence-electron chi connectivity index (χ3n) is 2.05. The van der Waals surface area contributed by atoms with Crippen molar-refractivity contribution in [3.05, 3.63) is 29.8 Å². The van der Waals surface area contributed by atoms with E-state index >= 15 is 0 Å². The number of anilines is 1. The summed E-state index contributed by atoms with van der Waals surface area (Å²) in [6.45, 7) is 0.195. The summed E-state index contributed by atoms with van der Waals surface area (Å²) in [5.74, 6) is 0.227. The molecule has 96 valence electrons. The Balaban J connectivity index is 2.54. The predicted molar refractivity (Wildman–Crippen MR) is 70.4 cm³/mol. The quantitative estimate of drug-likeness (QED) is 0.719. The van der Waals surface area contributed by atoms with E-state index in [9.17, 15) is 12.6 Å². The van der Waals surface area contributed by atoms with Crippen molar-refractivity contribution in [3.63, 3.8) is 0 Å². The average molecular weight is 276 g/mol. The maximum atomic E-state index is 11.6. The summed E-state index contributed by atoms with van der Waals surface area (Å²) < 4.78 is 36.4. The molecule has 1 rings (SSSR count). The van der Waals surface area contributed by atoms with Gasteiger partial charge in [0.25, 0.3) is 0 Å². The van der Waals surface area contributed by atoms with Crippen LogP contribution in [-0.2, 0) is 26.6 Å². The van der Waals surface area contributed by atoms with E-state index in [2.05, 4.69) is 4.72 Å². The Morgan fingerprint density at radius 3 is 2.41 bits per heavy atom. The molecule has 0 bridgehead atoms. The van der Waals surface area contributed by atoms with Crippen LogP contribution in [0.3, 0.4) is 0 Å². The van der Waals surface area contributed by atoms with E-state index in [1.807, 2.05) is 0 Å². The second kappa shape index (κ2) is 6.13. The van der Waals surface area contributed by atoms with Crippen molar-refractivity contribution in [2.45, 2.75) is 5.75 Å². The molecule has 1 aromatic rings. The van der Waals surface area contributed by atoms with Crippen molar-refractivity contribution in [2.24, 2.45) is 0 Å². The van der Waals surface area contributed by atoms with Gasteiger partial charge in [-0.2, -0.15) is 0 Å². The molecule has 0 aliphatic rings. The smallest absolute Gasteiger partial charge is 0.215 e. The lowest BCUT2D eigenvalue weighted by atomic mass is 10.2. The Morgan fingerprint density at radius 1 is 1.29 bits per heavy atom. The van der Waals surface area contributed by atoms with Crippen LogP contribution in [0.4, 0.5) is 5.69 Å². The van der Waals surface area contributed by atoms with Gasteiger partial charge in [0.1, 0.15) is 0 Å². The van der Waals surface area contributed by atoms with Gasteiger partial charge in [-0.3, -0.25) is 4.21 Å². The standard InChI is InChI=1S/C10H16N2O3S2/c1-16(13)7-6-12-17(14,15)8-9-2-4-10(11)5-3-9/h2-5,12H,6-8,11H2,1H3. The van der Waals surface area contributed by atoms with Crippen molar-refractivity contribution in [1.82, 2.24) is 4.72 Å². The number of rotatable bonds is 6. The van der Waals surface area contributed by atoms with E-state index in [1.165, 1.54) is 6.26 Å². The Bertz CT molecular complexity index is 483. The lowest BCUT2D eigenvalue weighted by molar-refractivity contribution is 0.583. The number of hydrogen-bond acceptors (Lipinski definition) is 4. The maximum absolute atomic E-state index is 11.6. The van der Waals surface area contributed by atoms with Crippen LogP contribution in [0.2, 0.25) is 0 Å². The molecule has 7 heteroatoms. The van der Waals surface area contributed by atoms with Gasteiger partial charge in [-0.05, 0) is 17.7 Å². The van der Waals surface area contributed by atoms with Gasteiger partial charge in [-0.25, -0.2) is 13.1 Å². The minimum Gasteiger partial charge on any atom is -0.399 e. The van der Waals surface area contributed by atoms with Crippen LogP contribution >= 0.6 is 0 Å². The van der Waals surface area contributed by atoms with Gasteiger partial charge >= 0.3 is 0 Å². The third kappa shape index (κ3) is 5.81. The SMILES string of the molecule is CS(=O)CCNS(=O)(=O)Cc1ccc(N)cc1. The van der Waals surface area contributed by atoms with E-state index < -0.39 is 20.8 Å². The van der Waals surface area contributed by atoms with Crippen molar-refractivity contribution >= 4 is 26.5 Å². The maximum Gasteiger partial charge on any atom is 0.215 e. The normalized spacial score (nSPS) is 13.5. The van der Waals surface area contributed by atoms with Crippen LogP contribution in [0.1, 0.15) is 5.56 Å². The first kappa shape index (κ1) is 14.1. The number of nitrogens with two attached hydrogens (primary N) is 1. The van der Waals surface area contributed by atoms with Crippen LogP contribution in [0.15, 0.2) is 24.3 Å². The molecule has 0 saturated carbocycles. The van der Waals surface area contributed by atoms with Crippen molar-refractivity contribution in [1.29, 1.82) is 0 Å². The molecule has 1 unspecified atom stereocenters. The third-order valence-corrected chi connectivity index (χ3v) is 4.18. The Hall–Kier alpha value is -0.920. The fraction of sp³-hybridized carbons (Fsp3) is 0.400. The molecule has 0 heterocycles. The van der Waals surface area contributed by atoms with Gasteiger partial charge in [-0.15, -0.1) is 0 Å². The predicted octanol–water partition coefficient (Wildman–Crippen LogP) is 0.0667. The van der Waals surface area contributed by atoms with Gasteiger partial charge in [-0.1, -0.05) is 12.1 Å². The van der Waals surface area contributed by atoms with Crippen LogP contribution in [0.5, 0.6) is 0 Å². The monoisotopic (exact) mass is 276 g/mol. The summed E-state index contributed by atoms with van der Waals surface area (Å²) in [6.07, 6.45) is 1.54. The number of hydrogen-bond donors (Lipinski definition) is 2. The topological polar surface area (TPSA) is 89.3 Å². The summed E-state index contributed by atoms with van der Waals surface area (Å²) in [5, 5.41) is 0. The minimum absolute atomic E-state index is 0.0936. The number of benzene rings is 1. The van der Waals surface area contributed by atoms with Gasteiger partial charge in [0.05, 0.1) is 5.75 Å². The van der Waals surface area contributed by atoms with Gasteiger partial charge in [0.15, 0.2) is 0 Å². The van der Waals surface area contributed by atoms with Gasteiger partial charge < -0.3 is 5.73 Å². The zero-order valence-electron chi connectivity index (χ0n) is 9.55. The van der Waals surface area contributed by atoms with Crippen LogP contribution in [-0.4, -0.2) is 31.2 Å². The van der Waals surface area contributed by atoms with Crippen LogP contribution in [0.25, 0.3) is 0 Å². The zero-order chi connectivity index (χ0) is 12.9. The van der Waals surface area contributed by atoms with E-state index in [4.69, 9.17) is 5.73 Å². The molecule has 1 atom stereocenters. The second-order valence-corrected chi connectivity index (χ2v) is 7.03. The molecule has 5 nitrogen and oxygen atoms in total. The van der Waals surface area contributed by atoms with Gasteiger partial charge in [0.2, 0.25) is 10.0 Å². The molecule has 1 aromatic carbocycles. The fourth-order valence-corrected chi connectivity index (χ4v) is 2.89. The molecule has 3 N–H and O–H groups in total. The van der Waals surface area contributed by atoms with Gasteiger partial charge in [0, 0.05) is 35.0 Å². The molecule has 17 heavy (non-hydrogen) atoms. The molecule has 0 aliphatic heterocycles. The summed E-state index contributed by atoms with van der Waals surface area (Å²) in [5.41, 5.74) is 6.77. The Labute approximate surface area is 104 Å². The first-order chi connectivity index (χ1) is 7.89. The molecule has 0 saturated heterocycles. The summed E-state index contributed by atoms with van der Waals surface area (Å²) in [4.78, 5) is 0. The summed E-state index contributed by atoms with van der Waals surface area (Å²) in [6, 6.07) is 6.66. The first-order valence-electron chi connectivity index (χ1n) is 5.01. The molecular formula is C10H16N2O3S2. The van der Waals surface area contributed by atoms with Crippen LogP contribution < -0.4 is 10.5 Å². The summed E-state index contributed by atoms with van der Waals surface area (Å²) >= 11 is 0. The van der Waals surface area contributed by atoms with E-state index in [-0.39, 0.29) is 12.3 Å². The van der Waals surface area contributed by atoms with E-state index in [0.29, 0.717) is 17.0 Å². The highest BCUT2D eigenvalue weighted by molar-refractivity contribution is 7.88. The highest BCUT2D eigenvalue weighted by Gasteiger charge is 2.10. The number of sulfonamides is 1. The highest BCUT2D eigenvalue weighted by Crippen LogP contribution is 2.08. The van der Waals surface area contributed by atoms with Crippen molar-refractivity contribution in [2.75, 3.05) is 24.3 Å². The van der Waals surface area contributed by atoms with Crippen LogP contribution in [0, 0.1) is 0 Å². The Morgan fingerprint density at radius 2 is 1.88 bits per heavy atom. The molecule has 0 fully saturated rings. The lowest BCUT2D eigenvalue weighted by Gasteiger charge is -2.06. The molecule has 0 spiro atoms. The zero-order valence-corrected chi connectivity index (χ0v) is 11.2. The highest BCUT2D eigenvalue weighted by atomic mass is 32.2. The molecular weight excluding hydrogens is 260 g/mol. The molecule has 0 aliphatic carbocycles. The fourth-order valence-electron chi connectivity index (χ4n) is 1.23. The minimum atomic E-state index is -3.37. The van der Waals surface area contributed by atoms with E-state index in [1.54, 1.807) is 24.3 Å². The molecule has 0 radical (unpaired) electrons. The first-order valence-corrected chi connectivity index (χ1v) is 8.39. The number of nitrogens with one attached hydrogen (secondary N) is 1. The van der Waals surface area contributed by atoms with Crippen molar-refractivity contribution < 1.29 is 12.6 Å². The largest absolute Gasteiger partial charge is 0.399 e. The lowest BCUT2D eigenvalue weighted by Crippen LogP contribution is -2.28. The molecule has 0 amide bonds. The second-order valence-electron chi connectivity index (χ2n) is 3.67.